The largest absolute Gasteiger partial charge is 0.480 e. The average Bonchev–Trinajstić information content (AvgIpc) is 2.27. The number of carboxylic acid groups (broad SMARTS) is 1. The summed E-state index contributed by atoms with van der Waals surface area (Å²) in [6.45, 7) is 5.07. The molecule has 0 bridgehead atoms. The number of carboxylic acids is 1. The minimum atomic E-state index is -1.03. The number of aliphatic carboxylic acids is 1. The van der Waals surface area contributed by atoms with Gasteiger partial charge >= 0.3 is 5.97 Å². The fraction of sp³-hybridized carbons (Fsp3) is 0.462. The molecule has 6 heteroatoms. The standard InChI is InChI=1S/C13H19N3O3/c1-13(2,3)16(8-12(18)19)11(17)6-10-5-4-9(14)7-15-10/h4-5,7H,6,8,14H2,1-3H3,(H,18,19). The van der Waals surface area contributed by atoms with Crippen molar-refractivity contribution in [2.45, 2.75) is 32.7 Å². The average molecular weight is 265 g/mol. The number of anilines is 1. The summed E-state index contributed by atoms with van der Waals surface area (Å²) in [6, 6.07) is 3.32. The van der Waals surface area contributed by atoms with Gasteiger partial charge < -0.3 is 15.7 Å². The Morgan fingerprint density at radius 2 is 2.00 bits per heavy atom. The molecule has 0 aromatic carbocycles. The van der Waals surface area contributed by atoms with Crippen molar-refractivity contribution >= 4 is 17.6 Å². The molecule has 3 N–H and O–H groups in total. The zero-order valence-electron chi connectivity index (χ0n) is 11.4. The summed E-state index contributed by atoms with van der Waals surface area (Å²) in [7, 11) is 0. The van der Waals surface area contributed by atoms with Gasteiger partial charge in [0.2, 0.25) is 5.91 Å². The summed E-state index contributed by atoms with van der Waals surface area (Å²) in [5.41, 5.74) is 6.06. The van der Waals surface area contributed by atoms with E-state index in [1.165, 1.54) is 11.1 Å². The van der Waals surface area contributed by atoms with Crippen LogP contribution in [0.3, 0.4) is 0 Å². The van der Waals surface area contributed by atoms with E-state index in [-0.39, 0.29) is 18.9 Å². The SMILES string of the molecule is CC(C)(C)N(CC(=O)O)C(=O)Cc1ccc(N)cn1. The molecule has 1 heterocycles. The number of pyridine rings is 1. The van der Waals surface area contributed by atoms with Crippen LogP contribution in [0.4, 0.5) is 5.69 Å². The lowest BCUT2D eigenvalue weighted by Gasteiger charge is -2.34. The molecule has 0 saturated heterocycles. The molecule has 19 heavy (non-hydrogen) atoms. The van der Waals surface area contributed by atoms with Crippen molar-refractivity contribution in [1.82, 2.24) is 9.88 Å². The number of aromatic nitrogens is 1. The molecule has 104 valence electrons. The minimum absolute atomic E-state index is 0.0603. The van der Waals surface area contributed by atoms with E-state index in [1.807, 2.05) is 0 Å². The maximum atomic E-state index is 12.2. The fourth-order valence-electron chi connectivity index (χ4n) is 1.63. The maximum Gasteiger partial charge on any atom is 0.323 e. The molecular formula is C13H19N3O3. The Kier molecular flexibility index (Phi) is 4.47. The molecule has 0 unspecified atom stereocenters. The van der Waals surface area contributed by atoms with Crippen molar-refractivity contribution in [3.63, 3.8) is 0 Å². The van der Waals surface area contributed by atoms with Crippen LogP contribution in [0.2, 0.25) is 0 Å². The van der Waals surface area contributed by atoms with Crippen molar-refractivity contribution in [3.8, 4) is 0 Å². The smallest absolute Gasteiger partial charge is 0.323 e. The van der Waals surface area contributed by atoms with Gasteiger partial charge in [-0.05, 0) is 32.9 Å². The Balaban J connectivity index is 2.82. The zero-order valence-corrected chi connectivity index (χ0v) is 11.4. The molecule has 0 saturated carbocycles. The maximum absolute atomic E-state index is 12.2. The molecule has 0 aliphatic carbocycles. The lowest BCUT2D eigenvalue weighted by molar-refractivity contribution is -0.147. The van der Waals surface area contributed by atoms with Crippen LogP contribution in [0.1, 0.15) is 26.5 Å². The van der Waals surface area contributed by atoms with Crippen LogP contribution < -0.4 is 5.73 Å². The second kappa shape index (κ2) is 5.69. The minimum Gasteiger partial charge on any atom is -0.480 e. The Bertz CT molecular complexity index is 463. The molecule has 0 spiro atoms. The number of carbonyl (C=O) groups excluding carboxylic acids is 1. The van der Waals surface area contributed by atoms with Crippen molar-refractivity contribution in [2.24, 2.45) is 0 Å². The number of hydrogen-bond acceptors (Lipinski definition) is 4. The van der Waals surface area contributed by atoms with Crippen LogP contribution in [0, 0.1) is 0 Å². The van der Waals surface area contributed by atoms with Gasteiger partial charge in [0, 0.05) is 11.2 Å². The Morgan fingerprint density at radius 3 is 2.42 bits per heavy atom. The van der Waals surface area contributed by atoms with Crippen molar-refractivity contribution < 1.29 is 14.7 Å². The highest BCUT2D eigenvalue weighted by Crippen LogP contribution is 2.15. The normalized spacial score (nSPS) is 11.1. The Hall–Kier alpha value is -2.11. The lowest BCUT2D eigenvalue weighted by atomic mass is 10.0. The number of amides is 1. The number of carbonyl (C=O) groups is 2. The monoisotopic (exact) mass is 265 g/mol. The first kappa shape index (κ1) is 14.9. The van der Waals surface area contributed by atoms with Gasteiger partial charge in [0.05, 0.1) is 18.3 Å². The Labute approximate surface area is 112 Å². The van der Waals surface area contributed by atoms with Crippen molar-refractivity contribution in [2.75, 3.05) is 12.3 Å². The van der Waals surface area contributed by atoms with Gasteiger partial charge in [-0.15, -0.1) is 0 Å². The third-order valence-electron chi connectivity index (χ3n) is 2.58. The van der Waals surface area contributed by atoms with Gasteiger partial charge in [-0.3, -0.25) is 14.6 Å². The van der Waals surface area contributed by atoms with Gasteiger partial charge in [-0.25, -0.2) is 0 Å². The van der Waals surface area contributed by atoms with E-state index < -0.39 is 11.5 Å². The molecule has 0 aliphatic heterocycles. The van der Waals surface area contributed by atoms with E-state index in [2.05, 4.69) is 4.98 Å². The first-order valence-electron chi connectivity index (χ1n) is 5.93. The summed E-state index contributed by atoms with van der Waals surface area (Å²) in [4.78, 5) is 28.4. The van der Waals surface area contributed by atoms with Gasteiger partial charge in [0.15, 0.2) is 0 Å². The zero-order chi connectivity index (χ0) is 14.6. The molecule has 6 nitrogen and oxygen atoms in total. The third kappa shape index (κ3) is 4.57. The molecule has 1 rings (SSSR count). The second-order valence-corrected chi connectivity index (χ2v) is 5.30. The van der Waals surface area contributed by atoms with Crippen LogP contribution >= 0.6 is 0 Å². The van der Waals surface area contributed by atoms with Gasteiger partial charge in [-0.1, -0.05) is 0 Å². The fourth-order valence-corrected chi connectivity index (χ4v) is 1.63. The summed E-state index contributed by atoms with van der Waals surface area (Å²) in [5.74, 6) is -1.30. The highest BCUT2D eigenvalue weighted by molar-refractivity contribution is 5.83. The van der Waals surface area contributed by atoms with Gasteiger partial charge in [0.25, 0.3) is 0 Å². The van der Waals surface area contributed by atoms with Crippen molar-refractivity contribution in [1.29, 1.82) is 0 Å². The molecule has 0 radical (unpaired) electrons. The quantitative estimate of drug-likeness (QED) is 0.843. The molecule has 1 aromatic heterocycles. The first-order valence-corrected chi connectivity index (χ1v) is 5.93. The van der Waals surface area contributed by atoms with Gasteiger partial charge in [0.1, 0.15) is 6.54 Å². The van der Waals surface area contributed by atoms with Crippen LogP contribution in [0.25, 0.3) is 0 Å². The number of nitrogens with zero attached hydrogens (tertiary/aromatic N) is 2. The summed E-state index contributed by atoms with van der Waals surface area (Å²) >= 11 is 0. The number of rotatable bonds is 4. The van der Waals surface area contributed by atoms with Crippen molar-refractivity contribution in [3.05, 3.63) is 24.0 Å². The van der Waals surface area contributed by atoms with E-state index in [0.717, 1.165) is 0 Å². The molecule has 1 amide bonds. The highest BCUT2D eigenvalue weighted by atomic mass is 16.4. The van der Waals surface area contributed by atoms with Crippen LogP contribution in [0.15, 0.2) is 18.3 Å². The van der Waals surface area contributed by atoms with E-state index in [1.54, 1.807) is 32.9 Å². The lowest BCUT2D eigenvalue weighted by Crippen LogP contribution is -2.48. The molecule has 1 aromatic rings. The first-order chi connectivity index (χ1) is 8.70. The van der Waals surface area contributed by atoms with E-state index in [0.29, 0.717) is 11.4 Å². The van der Waals surface area contributed by atoms with Gasteiger partial charge in [-0.2, -0.15) is 0 Å². The second-order valence-electron chi connectivity index (χ2n) is 5.30. The molecule has 0 atom stereocenters. The predicted octanol–water partition coefficient (Wildman–Crippen LogP) is 0.918. The third-order valence-corrected chi connectivity index (χ3v) is 2.58. The summed E-state index contributed by atoms with van der Waals surface area (Å²) in [5, 5.41) is 8.87. The molecule has 0 aliphatic rings. The van der Waals surface area contributed by atoms with E-state index in [9.17, 15) is 9.59 Å². The summed E-state index contributed by atoms with van der Waals surface area (Å²) < 4.78 is 0. The Morgan fingerprint density at radius 1 is 1.37 bits per heavy atom. The van der Waals surface area contributed by atoms with Crippen LogP contribution in [-0.2, 0) is 16.0 Å². The number of hydrogen-bond donors (Lipinski definition) is 2. The number of nitrogens with two attached hydrogens (primary N) is 1. The van der Waals surface area contributed by atoms with E-state index in [4.69, 9.17) is 10.8 Å². The van der Waals surface area contributed by atoms with Crippen LogP contribution in [0.5, 0.6) is 0 Å². The predicted molar refractivity (Wildman–Crippen MR) is 71.5 cm³/mol. The topological polar surface area (TPSA) is 96.5 Å². The van der Waals surface area contributed by atoms with Crippen LogP contribution in [-0.4, -0.2) is 39.0 Å². The number of nitrogen functional groups attached to an aromatic ring is 1. The highest BCUT2D eigenvalue weighted by Gasteiger charge is 2.28. The summed E-state index contributed by atoms with van der Waals surface area (Å²) in [6.07, 6.45) is 1.53. The van der Waals surface area contributed by atoms with E-state index >= 15 is 0 Å². The molecular weight excluding hydrogens is 246 g/mol. The molecule has 0 fully saturated rings.